The van der Waals surface area contributed by atoms with Crippen LogP contribution in [-0.4, -0.2) is 25.7 Å². The van der Waals surface area contributed by atoms with Crippen molar-refractivity contribution in [3.63, 3.8) is 0 Å². The molecule has 1 atom stereocenters. The Morgan fingerprint density at radius 3 is 2.10 bits per heavy atom. The Hall–Kier alpha value is 0.0700. The molecular weight excluding hydrogens is 150 g/mol. The van der Waals surface area contributed by atoms with Crippen molar-refractivity contribution in [3.8, 4) is 0 Å². The Bertz CT molecular complexity index is 136. The molecule has 1 N–H and O–H groups in total. The first-order chi connectivity index (χ1) is 4.41. The summed E-state index contributed by atoms with van der Waals surface area (Å²) in [6.07, 6.45) is 0.857. The fourth-order valence-corrected chi connectivity index (χ4v) is 0.986. The fraction of sp³-hybridized carbons (Fsp3) is 1.00. The fourth-order valence-electron chi connectivity index (χ4n) is 0.434. The minimum absolute atomic E-state index is 0.195. The minimum atomic E-state index is -1.85. The SMILES string of the molecule is CCC(C)(C)N(C)S(=O)O. The minimum Gasteiger partial charge on any atom is -0.294 e. The summed E-state index contributed by atoms with van der Waals surface area (Å²) >= 11 is -1.85. The molecule has 1 unspecified atom stereocenters. The molecule has 0 amide bonds. The van der Waals surface area contributed by atoms with Crippen LogP contribution in [0.25, 0.3) is 0 Å². The average molecular weight is 165 g/mol. The second-order valence-electron chi connectivity index (χ2n) is 2.89. The summed E-state index contributed by atoms with van der Waals surface area (Å²) in [4.78, 5) is 0. The smallest absolute Gasteiger partial charge is 0.234 e. The number of hydrogen-bond donors (Lipinski definition) is 1. The molecule has 0 aromatic rings. The van der Waals surface area contributed by atoms with Gasteiger partial charge < -0.3 is 0 Å². The molecule has 3 nitrogen and oxygen atoms in total. The van der Waals surface area contributed by atoms with Crippen molar-refractivity contribution in [3.05, 3.63) is 0 Å². The lowest BCUT2D eigenvalue weighted by atomic mass is 10.0. The molecule has 4 heteroatoms. The van der Waals surface area contributed by atoms with Gasteiger partial charge in [-0.3, -0.25) is 4.55 Å². The van der Waals surface area contributed by atoms with Gasteiger partial charge in [0.2, 0.25) is 11.3 Å². The Kier molecular flexibility index (Phi) is 3.48. The van der Waals surface area contributed by atoms with Crippen molar-refractivity contribution in [2.24, 2.45) is 0 Å². The lowest BCUT2D eigenvalue weighted by Crippen LogP contribution is -2.41. The third kappa shape index (κ3) is 2.36. The van der Waals surface area contributed by atoms with Gasteiger partial charge in [-0.25, -0.2) is 4.21 Å². The van der Waals surface area contributed by atoms with Crippen LogP contribution in [0.5, 0.6) is 0 Å². The molecule has 0 saturated heterocycles. The summed E-state index contributed by atoms with van der Waals surface area (Å²) in [5.41, 5.74) is -0.195. The Balaban J connectivity index is 4.17. The highest BCUT2D eigenvalue weighted by molar-refractivity contribution is 7.76. The van der Waals surface area contributed by atoms with Crippen LogP contribution in [0.4, 0.5) is 0 Å². The lowest BCUT2D eigenvalue weighted by molar-refractivity contribution is 0.252. The average Bonchev–Trinajstić information content (AvgIpc) is 1.86. The van der Waals surface area contributed by atoms with E-state index < -0.39 is 11.3 Å². The molecule has 0 bridgehead atoms. The van der Waals surface area contributed by atoms with E-state index in [-0.39, 0.29) is 5.54 Å². The van der Waals surface area contributed by atoms with Crippen LogP contribution in [0.3, 0.4) is 0 Å². The molecule has 0 aromatic heterocycles. The Morgan fingerprint density at radius 1 is 1.60 bits per heavy atom. The van der Waals surface area contributed by atoms with E-state index in [4.69, 9.17) is 4.55 Å². The largest absolute Gasteiger partial charge is 0.294 e. The van der Waals surface area contributed by atoms with Crippen molar-refractivity contribution in [2.75, 3.05) is 7.05 Å². The summed E-state index contributed by atoms with van der Waals surface area (Å²) in [7, 11) is 1.64. The molecule has 10 heavy (non-hydrogen) atoms. The van der Waals surface area contributed by atoms with E-state index in [0.29, 0.717) is 0 Å². The molecule has 0 saturated carbocycles. The first-order valence-corrected chi connectivity index (χ1v) is 4.33. The maximum atomic E-state index is 10.5. The molecule has 0 fully saturated rings. The molecule has 0 spiro atoms. The number of rotatable bonds is 3. The van der Waals surface area contributed by atoms with Crippen LogP contribution in [0.15, 0.2) is 0 Å². The summed E-state index contributed by atoms with van der Waals surface area (Å²) in [6, 6.07) is 0. The van der Waals surface area contributed by atoms with Gasteiger partial charge in [0.15, 0.2) is 0 Å². The van der Waals surface area contributed by atoms with Crippen molar-refractivity contribution >= 4 is 11.3 Å². The zero-order valence-corrected chi connectivity index (χ0v) is 7.73. The quantitative estimate of drug-likeness (QED) is 0.639. The van der Waals surface area contributed by atoms with Crippen molar-refractivity contribution in [1.82, 2.24) is 4.31 Å². The molecule has 0 aromatic carbocycles. The zero-order chi connectivity index (χ0) is 8.36. The monoisotopic (exact) mass is 165 g/mol. The highest BCUT2D eigenvalue weighted by Crippen LogP contribution is 2.16. The van der Waals surface area contributed by atoms with Crippen molar-refractivity contribution < 1.29 is 8.76 Å². The van der Waals surface area contributed by atoms with E-state index in [1.54, 1.807) is 7.05 Å². The van der Waals surface area contributed by atoms with Gasteiger partial charge in [0.25, 0.3) is 0 Å². The van der Waals surface area contributed by atoms with Crippen molar-refractivity contribution in [1.29, 1.82) is 0 Å². The number of nitrogens with zero attached hydrogens (tertiary/aromatic N) is 1. The van der Waals surface area contributed by atoms with Crippen LogP contribution in [0, 0.1) is 0 Å². The van der Waals surface area contributed by atoms with Gasteiger partial charge in [0, 0.05) is 12.6 Å². The molecule has 0 aliphatic heterocycles. The van der Waals surface area contributed by atoms with Crippen LogP contribution in [0.2, 0.25) is 0 Å². The van der Waals surface area contributed by atoms with E-state index in [1.165, 1.54) is 4.31 Å². The van der Waals surface area contributed by atoms with Crippen molar-refractivity contribution in [2.45, 2.75) is 32.7 Å². The summed E-state index contributed by atoms with van der Waals surface area (Å²) in [5.74, 6) is 0. The van der Waals surface area contributed by atoms with Crippen LogP contribution >= 0.6 is 0 Å². The normalized spacial score (nSPS) is 15.8. The molecule has 0 heterocycles. The van der Waals surface area contributed by atoms with E-state index in [9.17, 15) is 4.21 Å². The Labute approximate surface area is 64.8 Å². The highest BCUT2D eigenvalue weighted by Gasteiger charge is 2.24. The maximum absolute atomic E-state index is 10.5. The van der Waals surface area contributed by atoms with E-state index in [1.807, 2.05) is 20.8 Å². The third-order valence-electron chi connectivity index (χ3n) is 1.95. The standard InChI is InChI=1S/C6H15NO2S/c1-5-6(2,3)7(4)10(8)9/h5H2,1-4H3,(H,8,9). The van der Waals surface area contributed by atoms with Gasteiger partial charge in [0.1, 0.15) is 0 Å². The maximum Gasteiger partial charge on any atom is 0.234 e. The zero-order valence-electron chi connectivity index (χ0n) is 6.92. The predicted molar refractivity (Wildman–Crippen MR) is 42.9 cm³/mol. The molecule has 0 radical (unpaired) electrons. The lowest BCUT2D eigenvalue weighted by Gasteiger charge is -2.30. The van der Waals surface area contributed by atoms with Gasteiger partial charge in [-0.1, -0.05) is 6.92 Å². The van der Waals surface area contributed by atoms with Gasteiger partial charge >= 0.3 is 0 Å². The van der Waals surface area contributed by atoms with E-state index in [0.717, 1.165) is 6.42 Å². The van der Waals surface area contributed by atoms with Gasteiger partial charge in [-0.05, 0) is 20.3 Å². The van der Waals surface area contributed by atoms with Crippen LogP contribution in [-0.2, 0) is 11.3 Å². The molecular formula is C6H15NO2S. The third-order valence-corrected chi connectivity index (χ3v) is 2.91. The summed E-state index contributed by atoms with van der Waals surface area (Å²) < 4.78 is 20.7. The first-order valence-electron chi connectivity index (χ1n) is 3.26. The molecule has 62 valence electrons. The van der Waals surface area contributed by atoms with E-state index in [2.05, 4.69) is 0 Å². The summed E-state index contributed by atoms with van der Waals surface area (Å²) in [6.45, 7) is 5.85. The molecule has 0 rings (SSSR count). The second-order valence-corrected chi connectivity index (χ2v) is 3.90. The molecule has 0 aliphatic rings. The molecule has 0 aliphatic carbocycles. The second kappa shape index (κ2) is 3.46. The summed E-state index contributed by atoms with van der Waals surface area (Å²) in [5, 5.41) is 0. The van der Waals surface area contributed by atoms with Gasteiger partial charge in [-0.15, -0.1) is 0 Å². The first kappa shape index (κ1) is 10.1. The van der Waals surface area contributed by atoms with Gasteiger partial charge in [0.05, 0.1) is 0 Å². The van der Waals surface area contributed by atoms with Crippen LogP contribution < -0.4 is 0 Å². The Morgan fingerprint density at radius 2 is 2.00 bits per heavy atom. The topological polar surface area (TPSA) is 40.5 Å². The number of hydrogen-bond acceptors (Lipinski definition) is 1. The van der Waals surface area contributed by atoms with Gasteiger partial charge in [-0.2, -0.15) is 4.31 Å². The predicted octanol–water partition coefficient (Wildman–Crippen LogP) is 1.24. The van der Waals surface area contributed by atoms with E-state index >= 15 is 0 Å². The highest BCUT2D eigenvalue weighted by atomic mass is 32.2. The van der Waals surface area contributed by atoms with Crippen LogP contribution in [0.1, 0.15) is 27.2 Å².